The van der Waals surface area contributed by atoms with Gasteiger partial charge in [-0.25, -0.2) is 0 Å². The Morgan fingerprint density at radius 2 is 1.77 bits per heavy atom. The number of esters is 1. The van der Waals surface area contributed by atoms with E-state index >= 15 is 0 Å². The maximum atomic E-state index is 12.2. The van der Waals surface area contributed by atoms with Crippen molar-refractivity contribution in [2.45, 2.75) is 31.7 Å². The van der Waals surface area contributed by atoms with Crippen LogP contribution in [0.25, 0.3) is 0 Å². The number of rotatable bonds is 9. The van der Waals surface area contributed by atoms with Crippen LogP contribution in [0.3, 0.4) is 0 Å². The number of piperidine rings is 1. The Morgan fingerprint density at radius 1 is 1.15 bits per heavy atom. The van der Waals surface area contributed by atoms with E-state index in [1.165, 1.54) is 12.7 Å². The first-order chi connectivity index (χ1) is 12.6. The monoisotopic (exact) mass is 364 g/mol. The average molecular weight is 364 g/mol. The summed E-state index contributed by atoms with van der Waals surface area (Å²) in [5.74, 6) is 0.320. The molecule has 0 amide bonds. The van der Waals surface area contributed by atoms with E-state index in [2.05, 4.69) is 41.1 Å². The predicted octanol–water partition coefficient (Wildman–Crippen LogP) is 1.99. The molecule has 0 N–H and O–H groups in total. The highest BCUT2D eigenvalue weighted by atomic mass is 16.7. The predicted molar refractivity (Wildman–Crippen MR) is 101 cm³/mol. The molecule has 0 spiro atoms. The summed E-state index contributed by atoms with van der Waals surface area (Å²) in [6.07, 6.45) is 1.49. The number of ether oxygens (including phenoxy) is 3. The number of nitrogens with zero attached hydrogens (tertiary/aromatic N) is 2. The van der Waals surface area contributed by atoms with Crippen LogP contribution in [0.4, 0.5) is 0 Å². The second kappa shape index (κ2) is 10.6. The SMILES string of the molecule is COC(=O)[C@H](C(OC)OC)N1CCC(CN(C)Cc2ccccc2)CC1. The lowest BCUT2D eigenvalue weighted by molar-refractivity contribution is -0.181. The van der Waals surface area contributed by atoms with Crippen LogP contribution in [-0.4, -0.2) is 76.1 Å². The molecule has 1 aliphatic rings. The van der Waals surface area contributed by atoms with Gasteiger partial charge in [-0.05, 0) is 44.5 Å². The lowest BCUT2D eigenvalue weighted by Gasteiger charge is -2.39. The molecular formula is C20H32N2O4. The maximum absolute atomic E-state index is 12.2. The van der Waals surface area contributed by atoms with Crippen LogP contribution in [0, 0.1) is 5.92 Å². The van der Waals surface area contributed by atoms with Crippen molar-refractivity contribution >= 4 is 5.97 Å². The fraction of sp³-hybridized carbons (Fsp3) is 0.650. The van der Waals surface area contributed by atoms with E-state index in [1.54, 1.807) is 14.2 Å². The van der Waals surface area contributed by atoms with Gasteiger partial charge in [0.1, 0.15) is 0 Å². The third-order valence-corrected chi connectivity index (χ3v) is 5.07. The van der Waals surface area contributed by atoms with Gasteiger partial charge < -0.3 is 19.1 Å². The van der Waals surface area contributed by atoms with Gasteiger partial charge in [-0.3, -0.25) is 9.69 Å². The first kappa shape index (κ1) is 20.8. The summed E-state index contributed by atoms with van der Waals surface area (Å²) in [5, 5.41) is 0. The minimum atomic E-state index is -0.611. The Labute approximate surface area is 157 Å². The summed E-state index contributed by atoms with van der Waals surface area (Å²) in [6, 6.07) is 10.0. The summed E-state index contributed by atoms with van der Waals surface area (Å²) >= 11 is 0. The maximum Gasteiger partial charge on any atom is 0.328 e. The molecule has 0 saturated carbocycles. The molecule has 1 aliphatic heterocycles. The standard InChI is InChI=1S/C20H32N2O4/c1-21(14-16-8-6-5-7-9-16)15-17-10-12-22(13-11-17)18(19(23)24-2)20(25-3)26-4/h5-9,17-18,20H,10-15H2,1-4H3/t18-/m1/s1. The molecule has 146 valence electrons. The second-order valence-electron chi connectivity index (χ2n) is 6.97. The number of carbonyl (C=O) groups excluding carboxylic acids is 1. The summed E-state index contributed by atoms with van der Waals surface area (Å²) in [6.45, 7) is 3.70. The van der Waals surface area contributed by atoms with E-state index in [4.69, 9.17) is 14.2 Å². The van der Waals surface area contributed by atoms with E-state index < -0.39 is 12.3 Å². The molecule has 6 nitrogen and oxygen atoms in total. The Morgan fingerprint density at radius 3 is 2.31 bits per heavy atom. The molecule has 1 atom stereocenters. The highest BCUT2D eigenvalue weighted by molar-refractivity contribution is 5.76. The summed E-state index contributed by atoms with van der Waals surface area (Å²) in [7, 11) is 6.68. The summed E-state index contributed by atoms with van der Waals surface area (Å²) < 4.78 is 15.6. The van der Waals surface area contributed by atoms with Crippen LogP contribution in [-0.2, 0) is 25.5 Å². The number of benzene rings is 1. The molecule has 0 aromatic heterocycles. The van der Waals surface area contributed by atoms with E-state index in [9.17, 15) is 4.79 Å². The molecule has 0 aliphatic carbocycles. The molecule has 0 bridgehead atoms. The van der Waals surface area contributed by atoms with E-state index in [1.807, 2.05) is 6.07 Å². The molecule has 1 saturated heterocycles. The van der Waals surface area contributed by atoms with Gasteiger partial charge in [0, 0.05) is 27.3 Å². The van der Waals surface area contributed by atoms with Gasteiger partial charge in [0.05, 0.1) is 7.11 Å². The molecule has 1 fully saturated rings. The molecular weight excluding hydrogens is 332 g/mol. The quantitative estimate of drug-likeness (QED) is 0.493. The number of methoxy groups -OCH3 is 3. The van der Waals surface area contributed by atoms with Crippen molar-refractivity contribution in [3.63, 3.8) is 0 Å². The first-order valence-electron chi connectivity index (χ1n) is 9.19. The molecule has 0 unspecified atom stereocenters. The lowest BCUT2D eigenvalue weighted by atomic mass is 9.95. The lowest BCUT2D eigenvalue weighted by Crippen LogP contribution is -2.54. The Balaban J connectivity index is 1.85. The van der Waals surface area contributed by atoms with Crippen molar-refractivity contribution in [2.75, 3.05) is 48.0 Å². The van der Waals surface area contributed by atoms with Gasteiger partial charge >= 0.3 is 5.97 Å². The van der Waals surface area contributed by atoms with Crippen molar-refractivity contribution in [3.05, 3.63) is 35.9 Å². The Kier molecular flexibility index (Phi) is 8.51. The van der Waals surface area contributed by atoms with Crippen LogP contribution < -0.4 is 0 Å². The zero-order chi connectivity index (χ0) is 18.9. The van der Waals surface area contributed by atoms with Gasteiger partial charge in [-0.2, -0.15) is 0 Å². The van der Waals surface area contributed by atoms with E-state index in [0.29, 0.717) is 5.92 Å². The Bertz CT molecular complexity index is 528. The third kappa shape index (κ3) is 5.77. The van der Waals surface area contributed by atoms with Gasteiger partial charge in [0.2, 0.25) is 0 Å². The number of hydrogen-bond acceptors (Lipinski definition) is 6. The van der Waals surface area contributed by atoms with Crippen molar-refractivity contribution in [2.24, 2.45) is 5.92 Å². The second-order valence-corrected chi connectivity index (χ2v) is 6.97. The largest absolute Gasteiger partial charge is 0.468 e. The molecule has 2 rings (SSSR count). The van der Waals surface area contributed by atoms with Gasteiger partial charge in [-0.1, -0.05) is 30.3 Å². The van der Waals surface area contributed by atoms with Crippen LogP contribution >= 0.6 is 0 Å². The van der Waals surface area contributed by atoms with E-state index in [0.717, 1.165) is 39.0 Å². The normalized spacial score (nSPS) is 17.6. The molecule has 1 aromatic carbocycles. The number of hydrogen-bond donors (Lipinski definition) is 0. The highest BCUT2D eigenvalue weighted by Gasteiger charge is 2.37. The average Bonchev–Trinajstić information content (AvgIpc) is 2.67. The van der Waals surface area contributed by atoms with Crippen molar-refractivity contribution in [1.82, 2.24) is 9.80 Å². The number of likely N-dealkylation sites (tertiary alicyclic amines) is 1. The topological polar surface area (TPSA) is 51.2 Å². The van der Waals surface area contributed by atoms with Crippen LogP contribution in [0.5, 0.6) is 0 Å². The van der Waals surface area contributed by atoms with Gasteiger partial charge in [-0.15, -0.1) is 0 Å². The minimum absolute atomic E-state index is 0.307. The molecule has 26 heavy (non-hydrogen) atoms. The highest BCUT2D eigenvalue weighted by Crippen LogP contribution is 2.23. The van der Waals surface area contributed by atoms with Crippen LogP contribution in [0.2, 0.25) is 0 Å². The van der Waals surface area contributed by atoms with Gasteiger partial charge in [0.15, 0.2) is 12.3 Å². The van der Waals surface area contributed by atoms with Crippen molar-refractivity contribution < 1.29 is 19.0 Å². The van der Waals surface area contributed by atoms with E-state index in [-0.39, 0.29) is 5.97 Å². The fourth-order valence-electron chi connectivity index (χ4n) is 3.72. The van der Waals surface area contributed by atoms with Crippen molar-refractivity contribution in [1.29, 1.82) is 0 Å². The fourth-order valence-corrected chi connectivity index (χ4v) is 3.72. The zero-order valence-electron chi connectivity index (χ0n) is 16.4. The van der Waals surface area contributed by atoms with Crippen molar-refractivity contribution in [3.8, 4) is 0 Å². The molecule has 1 heterocycles. The smallest absolute Gasteiger partial charge is 0.328 e. The first-order valence-corrected chi connectivity index (χ1v) is 9.19. The summed E-state index contributed by atoms with van der Waals surface area (Å²) in [4.78, 5) is 16.7. The zero-order valence-corrected chi connectivity index (χ0v) is 16.4. The molecule has 0 radical (unpaired) electrons. The summed E-state index contributed by atoms with van der Waals surface area (Å²) in [5.41, 5.74) is 1.33. The molecule has 6 heteroatoms. The van der Waals surface area contributed by atoms with Crippen LogP contribution in [0.15, 0.2) is 30.3 Å². The minimum Gasteiger partial charge on any atom is -0.468 e. The molecule has 1 aromatic rings. The van der Waals surface area contributed by atoms with Gasteiger partial charge in [0.25, 0.3) is 0 Å². The third-order valence-electron chi connectivity index (χ3n) is 5.07. The number of carbonyl (C=O) groups is 1. The Hall–Kier alpha value is -1.47. The van der Waals surface area contributed by atoms with Crippen LogP contribution in [0.1, 0.15) is 18.4 Å².